The zero-order valence-electron chi connectivity index (χ0n) is 11.1. The summed E-state index contributed by atoms with van der Waals surface area (Å²) in [6.07, 6.45) is 0. The molecule has 1 aliphatic rings. The maximum absolute atomic E-state index is 5.86. The standard InChI is InChI=1S/C15H13N3O3/c16-10-2-1-3-12-14(10)18-15(21-12)17-7-9-4-5-11-13(6-9)20-8-19-11/h1-6H,7-8,16H2,(H,17,18). The number of hydrogen-bond donors (Lipinski definition) is 2. The molecule has 2 heterocycles. The van der Waals surface area contributed by atoms with Crippen molar-refractivity contribution in [3.05, 3.63) is 42.0 Å². The smallest absolute Gasteiger partial charge is 0.296 e. The summed E-state index contributed by atoms with van der Waals surface area (Å²) in [5.41, 5.74) is 8.85. The molecule has 3 aromatic rings. The zero-order valence-corrected chi connectivity index (χ0v) is 11.1. The van der Waals surface area contributed by atoms with Crippen LogP contribution in [0, 0.1) is 0 Å². The topological polar surface area (TPSA) is 82.5 Å². The summed E-state index contributed by atoms with van der Waals surface area (Å²) in [6.45, 7) is 0.847. The lowest BCUT2D eigenvalue weighted by Crippen LogP contribution is -1.99. The Hall–Kier alpha value is -2.89. The number of nitrogen functional groups attached to an aromatic ring is 1. The van der Waals surface area contributed by atoms with Gasteiger partial charge in [0, 0.05) is 6.54 Å². The van der Waals surface area contributed by atoms with Crippen molar-refractivity contribution in [2.45, 2.75) is 6.54 Å². The molecule has 0 aliphatic carbocycles. The van der Waals surface area contributed by atoms with E-state index in [1.807, 2.05) is 30.3 Å². The van der Waals surface area contributed by atoms with Gasteiger partial charge in [0.25, 0.3) is 6.01 Å². The van der Waals surface area contributed by atoms with Crippen LogP contribution < -0.4 is 20.5 Å². The Balaban J connectivity index is 1.54. The normalized spacial score (nSPS) is 12.8. The van der Waals surface area contributed by atoms with Crippen LogP contribution in [0.25, 0.3) is 11.1 Å². The highest BCUT2D eigenvalue weighted by molar-refractivity contribution is 5.86. The zero-order chi connectivity index (χ0) is 14.2. The maximum Gasteiger partial charge on any atom is 0.296 e. The van der Waals surface area contributed by atoms with Gasteiger partial charge in [0.2, 0.25) is 6.79 Å². The number of aromatic nitrogens is 1. The summed E-state index contributed by atoms with van der Waals surface area (Å²) in [5.74, 6) is 1.53. The molecule has 6 heteroatoms. The van der Waals surface area contributed by atoms with Gasteiger partial charge in [-0.15, -0.1) is 0 Å². The molecular weight excluding hydrogens is 270 g/mol. The fourth-order valence-electron chi connectivity index (χ4n) is 2.27. The van der Waals surface area contributed by atoms with E-state index in [0.717, 1.165) is 17.1 Å². The Morgan fingerprint density at radius 2 is 2.05 bits per heavy atom. The van der Waals surface area contributed by atoms with Gasteiger partial charge in [-0.2, -0.15) is 4.98 Å². The van der Waals surface area contributed by atoms with Crippen molar-refractivity contribution in [1.82, 2.24) is 4.98 Å². The Morgan fingerprint density at radius 1 is 1.14 bits per heavy atom. The largest absolute Gasteiger partial charge is 0.454 e. The van der Waals surface area contributed by atoms with Crippen LogP contribution in [0.15, 0.2) is 40.8 Å². The predicted molar refractivity (Wildman–Crippen MR) is 78.3 cm³/mol. The first kappa shape index (κ1) is 11.9. The van der Waals surface area contributed by atoms with Gasteiger partial charge >= 0.3 is 0 Å². The fraction of sp³-hybridized carbons (Fsp3) is 0.133. The first-order chi connectivity index (χ1) is 10.3. The van der Waals surface area contributed by atoms with E-state index in [2.05, 4.69) is 10.3 Å². The molecule has 2 aromatic carbocycles. The van der Waals surface area contributed by atoms with E-state index in [4.69, 9.17) is 19.6 Å². The summed E-state index contributed by atoms with van der Waals surface area (Å²) >= 11 is 0. The third-order valence-corrected chi connectivity index (χ3v) is 3.33. The van der Waals surface area contributed by atoms with Gasteiger partial charge in [-0.25, -0.2) is 0 Å². The lowest BCUT2D eigenvalue weighted by molar-refractivity contribution is 0.174. The molecule has 0 bridgehead atoms. The van der Waals surface area contributed by atoms with E-state index in [1.54, 1.807) is 6.07 Å². The van der Waals surface area contributed by atoms with Crippen LogP contribution in [0.4, 0.5) is 11.7 Å². The molecule has 0 atom stereocenters. The van der Waals surface area contributed by atoms with Crippen molar-refractivity contribution in [3.8, 4) is 11.5 Å². The predicted octanol–water partition coefficient (Wildman–Crippen LogP) is 2.75. The van der Waals surface area contributed by atoms with Gasteiger partial charge in [0.05, 0.1) is 5.69 Å². The van der Waals surface area contributed by atoms with Crippen molar-refractivity contribution in [2.24, 2.45) is 0 Å². The number of para-hydroxylation sites is 1. The number of nitrogens with two attached hydrogens (primary N) is 1. The number of fused-ring (bicyclic) bond motifs is 2. The number of hydrogen-bond acceptors (Lipinski definition) is 6. The van der Waals surface area contributed by atoms with Crippen molar-refractivity contribution >= 4 is 22.8 Å². The summed E-state index contributed by atoms with van der Waals surface area (Å²) in [6, 6.07) is 11.7. The molecule has 21 heavy (non-hydrogen) atoms. The van der Waals surface area contributed by atoms with Gasteiger partial charge in [-0.05, 0) is 29.8 Å². The van der Waals surface area contributed by atoms with Crippen LogP contribution in [0.1, 0.15) is 5.56 Å². The summed E-state index contributed by atoms with van der Waals surface area (Å²) in [4.78, 5) is 4.34. The van der Waals surface area contributed by atoms with Gasteiger partial charge < -0.3 is 24.9 Å². The third kappa shape index (κ3) is 2.10. The van der Waals surface area contributed by atoms with Crippen LogP contribution in [0.5, 0.6) is 11.5 Å². The number of anilines is 2. The number of ether oxygens (including phenoxy) is 2. The van der Waals surface area contributed by atoms with Crippen molar-refractivity contribution in [2.75, 3.05) is 17.8 Å². The molecule has 4 rings (SSSR count). The number of benzene rings is 2. The highest BCUT2D eigenvalue weighted by atomic mass is 16.7. The van der Waals surface area contributed by atoms with E-state index in [1.165, 1.54) is 0 Å². The van der Waals surface area contributed by atoms with E-state index < -0.39 is 0 Å². The second kappa shape index (κ2) is 4.59. The highest BCUT2D eigenvalue weighted by Crippen LogP contribution is 2.32. The lowest BCUT2D eigenvalue weighted by atomic mass is 10.2. The highest BCUT2D eigenvalue weighted by Gasteiger charge is 2.13. The minimum absolute atomic E-state index is 0.274. The second-order valence-corrected chi connectivity index (χ2v) is 4.75. The first-order valence-corrected chi connectivity index (χ1v) is 6.57. The van der Waals surface area contributed by atoms with E-state index >= 15 is 0 Å². The quantitative estimate of drug-likeness (QED) is 0.719. The van der Waals surface area contributed by atoms with Crippen LogP contribution in [0.2, 0.25) is 0 Å². The van der Waals surface area contributed by atoms with Crippen LogP contribution in [0.3, 0.4) is 0 Å². The Bertz CT molecular complexity index is 813. The fourth-order valence-corrected chi connectivity index (χ4v) is 2.27. The van der Waals surface area contributed by atoms with Crippen LogP contribution >= 0.6 is 0 Å². The van der Waals surface area contributed by atoms with Crippen molar-refractivity contribution in [1.29, 1.82) is 0 Å². The Kier molecular flexibility index (Phi) is 2.60. The molecule has 0 amide bonds. The number of rotatable bonds is 3. The Labute approximate surface area is 120 Å². The minimum Gasteiger partial charge on any atom is -0.454 e. The molecule has 6 nitrogen and oxygen atoms in total. The maximum atomic E-state index is 5.86. The van der Waals surface area contributed by atoms with E-state index in [-0.39, 0.29) is 6.79 Å². The molecule has 0 unspecified atom stereocenters. The molecular formula is C15H13N3O3. The molecule has 1 aromatic heterocycles. The monoisotopic (exact) mass is 283 g/mol. The second-order valence-electron chi connectivity index (χ2n) is 4.75. The van der Waals surface area contributed by atoms with Gasteiger partial charge in [-0.1, -0.05) is 12.1 Å². The molecule has 0 spiro atoms. The molecule has 0 saturated heterocycles. The summed E-state index contributed by atoms with van der Waals surface area (Å²) in [5, 5.41) is 3.14. The van der Waals surface area contributed by atoms with Crippen molar-refractivity contribution in [3.63, 3.8) is 0 Å². The lowest BCUT2D eigenvalue weighted by Gasteiger charge is -2.03. The van der Waals surface area contributed by atoms with E-state index in [0.29, 0.717) is 29.3 Å². The molecule has 0 fully saturated rings. The van der Waals surface area contributed by atoms with E-state index in [9.17, 15) is 0 Å². The number of nitrogens with zero attached hydrogens (tertiary/aromatic N) is 1. The molecule has 1 aliphatic heterocycles. The average Bonchev–Trinajstić information content (AvgIpc) is 3.11. The first-order valence-electron chi connectivity index (χ1n) is 6.57. The molecule has 0 radical (unpaired) electrons. The van der Waals surface area contributed by atoms with Crippen LogP contribution in [-0.2, 0) is 6.54 Å². The number of nitrogens with one attached hydrogen (secondary N) is 1. The molecule has 106 valence electrons. The van der Waals surface area contributed by atoms with Gasteiger partial charge in [-0.3, -0.25) is 0 Å². The Morgan fingerprint density at radius 3 is 2.95 bits per heavy atom. The van der Waals surface area contributed by atoms with Gasteiger partial charge in [0.15, 0.2) is 17.1 Å². The van der Waals surface area contributed by atoms with Gasteiger partial charge in [0.1, 0.15) is 5.52 Å². The third-order valence-electron chi connectivity index (χ3n) is 3.33. The minimum atomic E-state index is 0.274. The summed E-state index contributed by atoms with van der Waals surface area (Å²) in [7, 11) is 0. The molecule has 3 N–H and O–H groups in total. The average molecular weight is 283 g/mol. The van der Waals surface area contributed by atoms with Crippen LogP contribution in [-0.4, -0.2) is 11.8 Å². The van der Waals surface area contributed by atoms with Crippen molar-refractivity contribution < 1.29 is 13.9 Å². The summed E-state index contributed by atoms with van der Waals surface area (Å²) < 4.78 is 16.2. The SMILES string of the molecule is Nc1cccc2oc(NCc3ccc4c(c3)OCO4)nc12. The molecule has 0 saturated carbocycles. The number of oxazole rings is 1.